The Hall–Kier alpha value is -3.97. The summed E-state index contributed by atoms with van der Waals surface area (Å²) in [5.41, 5.74) is 9.70. The molecule has 2 fully saturated rings. The number of hydrogen-bond donors (Lipinski definition) is 1. The summed E-state index contributed by atoms with van der Waals surface area (Å²) in [4.78, 5) is 22.9. The van der Waals surface area contributed by atoms with Crippen molar-refractivity contribution in [3.8, 4) is 11.3 Å². The molecule has 7 rings (SSSR count). The topological polar surface area (TPSA) is 70.2 Å². The largest absolute Gasteiger partial charge is 0.378 e. The number of aromatic amines is 1. The number of rotatable bonds is 5. The average molecular weight is 519 g/mol. The molecule has 39 heavy (non-hydrogen) atoms. The number of piperidine rings is 1. The van der Waals surface area contributed by atoms with E-state index in [2.05, 4.69) is 81.3 Å². The van der Waals surface area contributed by atoms with Gasteiger partial charge in [0.2, 0.25) is 0 Å². The number of ether oxygens (including phenoxy) is 1. The Labute approximate surface area is 229 Å². The number of fused-ring (bicyclic) bond motifs is 1. The Morgan fingerprint density at radius 1 is 0.872 bits per heavy atom. The second kappa shape index (κ2) is 10.3. The van der Waals surface area contributed by atoms with Crippen LogP contribution in [0.3, 0.4) is 0 Å². The number of allylic oxidation sites excluding steroid dienone is 1. The Kier molecular flexibility index (Phi) is 6.37. The van der Waals surface area contributed by atoms with Gasteiger partial charge in [-0.3, -0.25) is 4.98 Å². The van der Waals surface area contributed by atoms with Crippen LogP contribution in [0.2, 0.25) is 0 Å². The van der Waals surface area contributed by atoms with Crippen molar-refractivity contribution in [1.82, 2.24) is 19.9 Å². The van der Waals surface area contributed by atoms with Gasteiger partial charge >= 0.3 is 0 Å². The zero-order valence-electron chi connectivity index (χ0n) is 22.4. The van der Waals surface area contributed by atoms with Crippen LogP contribution in [0.5, 0.6) is 0 Å². The zero-order valence-corrected chi connectivity index (χ0v) is 22.4. The van der Waals surface area contributed by atoms with Crippen LogP contribution in [0.25, 0.3) is 22.9 Å². The van der Waals surface area contributed by atoms with Gasteiger partial charge in [0, 0.05) is 73.4 Å². The number of aryl methyl sites for hydroxylation is 1. The monoisotopic (exact) mass is 518 g/mol. The van der Waals surface area contributed by atoms with Crippen LogP contribution in [-0.4, -0.2) is 59.3 Å². The van der Waals surface area contributed by atoms with Crippen molar-refractivity contribution >= 4 is 23.2 Å². The minimum atomic E-state index is 0.453. The van der Waals surface area contributed by atoms with E-state index in [9.17, 15) is 0 Å². The Morgan fingerprint density at radius 3 is 2.49 bits per heavy atom. The van der Waals surface area contributed by atoms with Crippen molar-refractivity contribution in [2.45, 2.75) is 32.1 Å². The van der Waals surface area contributed by atoms with Gasteiger partial charge in [0.1, 0.15) is 11.6 Å². The third kappa shape index (κ3) is 4.72. The molecule has 2 saturated heterocycles. The first-order valence-electron chi connectivity index (χ1n) is 14.1. The van der Waals surface area contributed by atoms with E-state index in [0.717, 1.165) is 81.7 Å². The Balaban J connectivity index is 1.08. The second-order valence-electron chi connectivity index (χ2n) is 10.8. The fourth-order valence-electron chi connectivity index (χ4n) is 6.20. The minimum absolute atomic E-state index is 0.453. The van der Waals surface area contributed by atoms with Crippen molar-refractivity contribution in [2.75, 3.05) is 49.2 Å². The lowest BCUT2D eigenvalue weighted by molar-refractivity contribution is 0.122. The fraction of sp³-hybridized carbons (Fsp3) is 0.344. The lowest BCUT2D eigenvalue weighted by atomic mass is 9.95. The summed E-state index contributed by atoms with van der Waals surface area (Å²) in [6.45, 7) is 7.47. The number of hydrogen-bond acceptors (Lipinski definition) is 6. The summed E-state index contributed by atoms with van der Waals surface area (Å²) in [5.74, 6) is 2.61. The van der Waals surface area contributed by atoms with Crippen molar-refractivity contribution in [1.29, 1.82) is 0 Å². The van der Waals surface area contributed by atoms with Crippen LogP contribution in [0.4, 0.5) is 11.5 Å². The van der Waals surface area contributed by atoms with Gasteiger partial charge in [-0.15, -0.1) is 0 Å². The first-order chi connectivity index (χ1) is 19.2. The maximum absolute atomic E-state index is 5.52. The highest BCUT2D eigenvalue weighted by Gasteiger charge is 2.27. The highest BCUT2D eigenvalue weighted by atomic mass is 16.5. The van der Waals surface area contributed by atoms with Gasteiger partial charge in [-0.05, 0) is 55.2 Å². The molecular weight excluding hydrogens is 484 g/mol. The SMILES string of the molecule is Cc1[nH]c(C2CCN(c3ccnc4c3C=C(c3ccnc(N5CCOCC5)c3)C4)CC2)nc1-c1ccccc1. The summed E-state index contributed by atoms with van der Waals surface area (Å²) >= 11 is 0. The molecule has 0 saturated carbocycles. The van der Waals surface area contributed by atoms with Gasteiger partial charge in [0.05, 0.1) is 24.6 Å². The highest BCUT2D eigenvalue weighted by Crippen LogP contribution is 2.39. The molecule has 3 aliphatic rings. The number of H-pyrrole nitrogens is 1. The van der Waals surface area contributed by atoms with Crippen molar-refractivity contribution < 1.29 is 4.74 Å². The van der Waals surface area contributed by atoms with E-state index in [1.807, 2.05) is 12.4 Å². The van der Waals surface area contributed by atoms with Crippen molar-refractivity contribution in [3.05, 3.63) is 89.3 Å². The molecule has 2 aliphatic heterocycles. The fourth-order valence-corrected chi connectivity index (χ4v) is 6.20. The lowest BCUT2D eigenvalue weighted by Gasteiger charge is -2.33. The van der Waals surface area contributed by atoms with Gasteiger partial charge in [-0.1, -0.05) is 30.3 Å². The van der Waals surface area contributed by atoms with E-state index in [4.69, 9.17) is 14.7 Å². The number of anilines is 2. The van der Waals surface area contributed by atoms with Gasteiger partial charge in [-0.2, -0.15) is 0 Å². The molecule has 0 spiro atoms. The molecule has 1 aliphatic carbocycles. The summed E-state index contributed by atoms with van der Waals surface area (Å²) in [7, 11) is 0. The predicted molar refractivity (Wildman–Crippen MR) is 156 cm³/mol. The van der Waals surface area contributed by atoms with E-state index in [1.54, 1.807) is 0 Å². The van der Waals surface area contributed by atoms with E-state index in [-0.39, 0.29) is 0 Å². The van der Waals surface area contributed by atoms with Gasteiger partial charge in [-0.25, -0.2) is 9.97 Å². The molecule has 3 aromatic heterocycles. The maximum Gasteiger partial charge on any atom is 0.129 e. The van der Waals surface area contributed by atoms with Crippen molar-refractivity contribution in [2.24, 2.45) is 0 Å². The predicted octanol–water partition coefficient (Wildman–Crippen LogP) is 5.49. The molecule has 0 unspecified atom stereocenters. The summed E-state index contributed by atoms with van der Waals surface area (Å²) < 4.78 is 5.52. The summed E-state index contributed by atoms with van der Waals surface area (Å²) in [6, 6.07) is 17.0. The normalized spacial score (nSPS) is 17.8. The number of nitrogens with zero attached hydrogens (tertiary/aromatic N) is 5. The molecule has 0 atom stereocenters. The first-order valence-corrected chi connectivity index (χ1v) is 14.1. The van der Waals surface area contributed by atoms with Gasteiger partial charge in [0.25, 0.3) is 0 Å². The standard InChI is InChI=1S/C32H34N6O/c1-22-31(23-5-3-2-4-6-23)36-32(35-22)24-9-13-37(14-10-24)29-8-12-33-28-20-26(19-27(28)29)25-7-11-34-30(21-25)38-15-17-39-18-16-38/h2-8,11-12,19,21,24H,9-10,13-18,20H2,1H3,(H,35,36). The molecule has 0 amide bonds. The number of imidazole rings is 1. The van der Waals surface area contributed by atoms with Gasteiger partial charge in [0.15, 0.2) is 0 Å². The molecule has 1 aromatic carbocycles. The van der Waals surface area contributed by atoms with E-state index in [0.29, 0.717) is 5.92 Å². The number of nitrogens with one attached hydrogen (secondary N) is 1. The molecule has 4 aromatic rings. The number of benzene rings is 1. The molecule has 0 radical (unpaired) electrons. The summed E-state index contributed by atoms with van der Waals surface area (Å²) in [5, 5.41) is 0. The molecule has 5 heterocycles. The van der Waals surface area contributed by atoms with E-state index in [1.165, 1.54) is 33.6 Å². The Bertz CT molecular complexity index is 1500. The third-order valence-electron chi connectivity index (χ3n) is 8.35. The lowest BCUT2D eigenvalue weighted by Crippen LogP contribution is -2.36. The molecular formula is C32H34N6O. The minimum Gasteiger partial charge on any atom is -0.378 e. The van der Waals surface area contributed by atoms with Crippen molar-refractivity contribution in [3.63, 3.8) is 0 Å². The van der Waals surface area contributed by atoms with Crippen LogP contribution in [-0.2, 0) is 11.2 Å². The number of pyridine rings is 2. The smallest absolute Gasteiger partial charge is 0.129 e. The van der Waals surface area contributed by atoms with Crippen LogP contribution in [0.15, 0.2) is 60.9 Å². The number of morpholine rings is 1. The highest BCUT2D eigenvalue weighted by molar-refractivity contribution is 5.92. The average Bonchev–Trinajstić information content (AvgIpc) is 3.62. The van der Waals surface area contributed by atoms with E-state index >= 15 is 0 Å². The number of aromatic nitrogens is 4. The third-order valence-corrected chi connectivity index (χ3v) is 8.35. The van der Waals surface area contributed by atoms with Crippen LogP contribution in [0.1, 0.15) is 47.1 Å². The van der Waals surface area contributed by atoms with Crippen LogP contribution in [0, 0.1) is 6.92 Å². The molecule has 1 N–H and O–H groups in total. The second-order valence-corrected chi connectivity index (χ2v) is 10.8. The first kappa shape index (κ1) is 24.1. The van der Waals surface area contributed by atoms with Gasteiger partial charge < -0.3 is 19.5 Å². The Morgan fingerprint density at radius 2 is 1.67 bits per heavy atom. The van der Waals surface area contributed by atoms with E-state index < -0.39 is 0 Å². The zero-order chi connectivity index (χ0) is 26.2. The van der Waals surface area contributed by atoms with Crippen LogP contribution >= 0.6 is 0 Å². The molecule has 7 nitrogen and oxygen atoms in total. The quantitative estimate of drug-likeness (QED) is 0.377. The molecule has 198 valence electrons. The van der Waals surface area contributed by atoms with Crippen LogP contribution < -0.4 is 9.80 Å². The molecule has 0 bridgehead atoms. The maximum atomic E-state index is 5.52. The summed E-state index contributed by atoms with van der Waals surface area (Å²) in [6.07, 6.45) is 9.29. The molecule has 7 heteroatoms.